The number of halogens is 1. The summed E-state index contributed by atoms with van der Waals surface area (Å²) in [6.45, 7) is 2.74. The number of nitrogens with two attached hydrogens (primary N) is 1. The van der Waals surface area contributed by atoms with E-state index in [-0.39, 0.29) is 22.9 Å². The molecular formula is C11H16BrNO3S. The average Bonchev–Trinajstić information content (AvgIpc) is 2.28. The highest BCUT2D eigenvalue weighted by atomic mass is 79.9. The molecule has 1 rings (SSSR count). The topological polar surface area (TPSA) is 69.4 Å². The molecule has 0 heterocycles. The summed E-state index contributed by atoms with van der Waals surface area (Å²) in [7, 11) is -3.37. The molecule has 0 aliphatic heterocycles. The Hall–Kier alpha value is -0.590. The van der Waals surface area contributed by atoms with Crippen molar-refractivity contribution in [3.05, 3.63) is 22.7 Å². The zero-order valence-electron chi connectivity index (χ0n) is 9.65. The highest BCUT2D eigenvalue weighted by Gasteiger charge is 2.17. The van der Waals surface area contributed by atoms with Crippen molar-refractivity contribution in [3.8, 4) is 0 Å². The van der Waals surface area contributed by atoms with E-state index in [1.165, 1.54) is 6.07 Å². The lowest BCUT2D eigenvalue weighted by Gasteiger charge is -2.08. The van der Waals surface area contributed by atoms with Crippen LogP contribution in [0.1, 0.15) is 13.3 Å². The number of rotatable bonds is 6. The normalized spacial score (nSPS) is 11.6. The van der Waals surface area contributed by atoms with Crippen LogP contribution in [0.2, 0.25) is 0 Å². The first-order valence-corrected chi connectivity index (χ1v) is 7.77. The van der Waals surface area contributed by atoms with Crippen molar-refractivity contribution in [3.63, 3.8) is 0 Å². The standard InChI is InChI=1S/C11H16BrNO3S/c1-2-5-16-6-7-17(14,15)11-8-9(12)3-4-10(11)13/h3-4,8H,2,5-7,13H2,1H3. The van der Waals surface area contributed by atoms with Gasteiger partial charge in [-0.15, -0.1) is 0 Å². The Morgan fingerprint density at radius 1 is 1.35 bits per heavy atom. The van der Waals surface area contributed by atoms with Gasteiger partial charge >= 0.3 is 0 Å². The fourth-order valence-electron chi connectivity index (χ4n) is 1.30. The Labute approximate surface area is 110 Å². The van der Waals surface area contributed by atoms with E-state index in [1.54, 1.807) is 12.1 Å². The fraction of sp³-hybridized carbons (Fsp3) is 0.455. The van der Waals surface area contributed by atoms with E-state index < -0.39 is 9.84 Å². The van der Waals surface area contributed by atoms with Gasteiger partial charge in [0, 0.05) is 11.1 Å². The number of anilines is 1. The van der Waals surface area contributed by atoms with E-state index in [0.29, 0.717) is 11.1 Å². The maximum Gasteiger partial charge on any atom is 0.182 e. The molecule has 0 amide bonds. The molecule has 2 N–H and O–H groups in total. The highest BCUT2D eigenvalue weighted by Crippen LogP contribution is 2.23. The summed E-state index contributed by atoms with van der Waals surface area (Å²) in [6.07, 6.45) is 0.874. The Bertz CT molecular complexity index is 474. The van der Waals surface area contributed by atoms with E-state index in [9.17, 15) is 8.42 Å². The molecule has 96 valence electrons. The van der Waals surface area contributed by atoms with Crippen LogP contribution in [0.4, 0.5) is 5.69 Å². The van der Waals surface area contributed by atoms with E-state index in [0.717, 1.165) is 6.42 Å². The van der Waals surface area contributed by atoms with Crippen LogP contribution in [0.5, 0.6) is 0 Å². The lowest BCUT2D eigenvalue weighted by molar-refractivity contribution is 0.149. The van der Waals surface area contributed by atoms with Crippen LogP contribution in [0.3, 0.4) is 0 Å². The van der Waals surface area contributed by atoms with Crippen LogP contribution >= 0.6 is 15.9 Å². The molecule has 0 aromatic heterocycles. The van der Waals surface area contributed by atoms with Crippen LogP contribution in [0.25, 0.3) is 0 Å². The van der Waals surface area contributed by atoms with Gasteiger partial charge in [-0.05, 0) is 24.6 Å². The molecule has 0 fully saturated rings. The first kappa shape index (κ1) is 14.5. The monoisotopic (exact) mass is 321 g/mol. The third-order valence-electron chi connectivity index (χ3n) is 2.16. The smallest absolute Gasteiger partial charge is 0.182 e. The maximum absolute atomic E-state index is 12.0. The van der Waals surface area contributed by atoms with Crippen LogP contribution in [-0.4, -0.2) is 27.4 Å². The molecule has 0 aliphatic carbocycles. The van der Waals surface area contributed by atoms with Gasteiger partial charge in [0.05, 0.1) is 22.9 Å². The predicted molar refractivity (Wildman–Crippen MR) is 71.7 cm³/mol. The van der Waals surface area contributed by atoms with Gasteiger partial charge < -0.3 is 10.5 Å². The lowest BCUT2D eigenvalue weighted by Crippen LogP contribution is -2.14. The predicted octanol–water partition coefficient (Wildman–Crippen LogP) is 2.23. The molecule has 0 saturated heterocycles. The van der Waals surface area contributed by atoms with E-state index in [4.69, 9.17) is 10.5 Å². The van der Waals surface area contributed by atoms with Gasteiger partial charge in [-0.25, -0.2) is 8.42 Å². The summed E-state index contributed by atoms with van der Waals surface area (Å²) < 4.78 is 29.8. The molecule has 0 spiro atoms. The zero-order valence-corrected chi connectivity index (χ0v) is 12.1. The molecule has 0 radical (unpaired) electrons. The summed E-state index contributed by atoms with van der Waals surface area (Å²) in [5.41, 5.74) is 5.93. The summed E-state index contributed by atoms with van der Waals surface area (Å²) in [6, 6.07) is 4.80. The molecule has 0 bridgehead atoms. The van der Waals surface area contributed by atoms with Crippen molar-refractivity contribution in [2.45, 2.75) is 18.2 Å². The van der Waals surface area contributed by atoms with E-state index in [2.05, 4.69) is 15.9 Å². The second-order valence-corrected chi connectivity index (χ2v) is 6.61. The van der Waals surface area contributed by atoms with Crippen LogP contribution < -0.4 is 5.73 Å². The number of ether oxygens (including phenoxy) is 1. The van der Waals surface area contributed by atoms with Crippen molar-refractivity contribution >= 4 is 31.5 Å². The second kappa shape index (κ2) is 6.37. The van der Waals surface area contributed by atoms with Gasteiger partial charge in [0.25, 0.3) is 0 Å². The fourth-order valence-corrected chi connectivity index (χ4v) is 3.11. The zero-order chi connectivity index (χ0) is 12.9. The number of benzene rings is 1. The average molecular weight is 322 g/mol. The van der Waals surface area contributed by atoms with Crippen molar-refractivity contribution in [1.82, 2.24) is 0 Å². The number of hydrogen-bond acceptors (Lipinski definition) is 4. The molecule has 17 heavy (non-hydrogen) atoms. The molecule has 0 saturated carbocycles. The third kappa shape index (κ3) is 4.29. The first-order chi connectivity index (χ1) is 7.97. The molecular weight excluding hydrogens is 306 g/mol. The third-order valence-corrected chi connectivity index (χ3v) is 4.38. The minimum Gasteiger partial charge on any atom is -0.398 e. The Morgan fingerprint density at radius 2 is 2.06 bits per heavy atom. The van der Waals surface area contributed by atoms with E-state index >= 15 is 0 Å². The summed E-state index contributed by atoms with van der Waals surface area (Å²) in [5, 5.41) is 0. The van der Waals surface area contributed by atoms with Gasteiger partial charge in [0.15, 0.2) is 9.84 Å². The van der Waals surface area contributed by atoms with Crippen molar-refractivity contribution in [2.24, 2.45) is 0 Å². The van der Waals surface area contributed by atoms with E-state index in [1.807, 2.05) is 6.92 Å². The molecule has 0 unspecified atom stereocenters. The van der Waals surface area contributed by atoms with Gasteiger partial charge in [-0.3, -0.25) is 0 Å². The van der Waals surface area contributed by atoms with Gasteiger partial charge in [0.1, 0.15) is 0 Å². The van der Waals surface area contributed by atoms with Crippen LogP contribution in [0.15, 0.2) is 27.6 Å². The van der Waals surface area contributed by atoms with Crippen molar-refractivity contribution in [2.75, 3.05) is 24.7 Å². The number of nitrogen functional groups attached to an aromatic ring is 1. The molecule has 4 nitrogen and oxygen atoms in total. The summed E-state index contributed by atoms with van der Waals surface area (Å²) in [5.74, 6) is -0.0480. The highest BCUT2D eigenvalue weighted by molar-refractivity contribution is 9.10. The van der Waals surface area contributed by atoms with Gasteiger partial charge in [-0.2, -0.15) is 0 Å². The second-order valence-electron chi connectivity index (χ2n) is 3.61. The van der Waals surface area contributed by atoms with Crippen molar-refractivity contribution < 1.29 is 13.2 Å². The maximum atomic E-state index is 12.0. The van der Waals surface area contributed by atoms with Gasteiger partial charge in [0.2, 0.25) is 0 Å². The molecule has 6 heteroatoms. The first-order valence-electron chi connectivity index (χ1n) is 5.33. The Morgan fingerprint density at radius 3 is 2.71 bits per heavy atom. The summed E-state index contributed by atoms with van der Waals surface area (Å²) >= 11 is 3.23. The summed E-state index contributed by atoms with van der Waals surface area (Å²) in [4.78, 5) is 0.159. The quantitative estimate of drug-likeness (QED) is 0.644. The number of sulfone groups is 1. The number of hydrogen-bond donors (Lipinski definition) is 1. The van der Waals surface area contributed by atoms with Crippen LogP contribution in [-0.2, 0) is 14.6 Å². The minimum atomic E-state index is -3.37. The minimum absolute atomic E-state index is 0.0480. The molecule has 1 aromatic carbocycles. The largest absolute Gasteiger partial charge is 0.398 e. The van der Waals surface area contributed by atoms with Gasteiger partial charge in [-0.1, -0.05) is 22.9 Å². The molecule has 1 aromatic rings. The Kier molecular flexibility index (Phi) is 5.42. The SMILES string of the molecule is CCCOCCS(=O)(=O)c1cc(Br)ccc1N. The van der Waals surface area contributed by atoms with Crippen LogP contribution in [0, 0.1) is 0 Å². The Balaban J connectivity index is 2.79. The van der Waals surface area contributed by atoms with Crippen molar-refractivity contribution in [1.29, 1.82) is 0 Å². The lowest BCUT2D eigenvalue weighted by atomic mass is 10.3. The molecule has 0 atom stereocenters. The molecule has 0 aliphatic rings.